The van der Waals surface area contributed by atoms with E-state index >= 15 is 0 Å². The van der Waals surface area contributed by atoms with E-state index < -0.39 is 0 Å². The zero-order valence-electron chi connectivity index (χ0n) is 10.2. The second-order valence-corrected chi connectivity index (χ2v) is 5.49. The smallest absolute Gasteiger partial charge is 0.259 e. The van der Waals surface area contributed by atoms with E-state index in [0.717, 1.165) is 10.0 Å². The van der Waals surface area contributed by atoms with Gasteiger partial charge < -0.3 is 10.3 Å². The Bertz CT molecular complexity index is 755. The fraction of sp³-hybridized carbons (Fsp3) is 0. The molecule has 0 radical (unpaired) electrons. The molecule has 0 saturated carbocycles. The van der Waals surface area contributed by atoms with Crippen molar-refractivity contribution < 1.29 is 4.52 Å². The van der Waals surface area contributed by atoms with Crippen molar-refractivity contribution in [2.24, 2.45) is 0 Å². The predicted octanol–water partition coefficient (Wildman–Crippen LogP) is 4.40. The number of anilines is 1. The van der Waals surface area contributed by atoms with Crippen LogP contribution in [-0.2, 0) is 0 Å². The zero-order chi connectivity index (χ0) is 14.1. The molecule has 0 aliphatic rings. The number of halogens is 2. The van der Waals surface area contributed by atoms with Crippen molar-refractivity contribution in [1.82, 2.24) is 10.1 Å². The highest BCUT2D eigenvalue weighted by Gasteiger charge is 2.13. The Kier molecular flexibility index (Phi) is 3.46. The van der Waals surface area contributed by atoms with E-state index in [4.69, 9.17) is 21.9 Å². The van der Waals surface area contributed by atoms with Crippen LogP contribution in [-0.4, -0.2) is 10.1 Å². The van der Waals surface area contributed by atoms with Gasteiger partial charge in [0.1, 0.15) is 0 Å². The van der Waals surface area contributed by atoms with Crippen molar-refractivity contribution in [2.75, 3.05) is 5.73 Å². The van der Waals surface area contributed by atoms with Gasteiger partial charge in [-0.3, -0.25) is 0 Å². The topological polar surface area (TPSA) is 64.9 Å². The number of rotatable bonds is 2. The van der Waals surface area contributed by atoms with E-state index in [1.165, 1.54) is 0 Å². The summed E-state index contributed by atoms with van der Waals surface area (Å²) < 4.78 is 6.25. The molecule has 0 unspecified atom stereocenters. The lowest BCUT2D eigenvalue weighted by molar-refractivity contribution is 0.432. The molecule has 0 bridgehead atoms. The summed E-state index contributed by atoms with van der Waals surface area (Å²) in [6, 6.07) is 12.8. The van der Waals surface area contributed by atoms with Crippen LogP contribution in [0.25, 0.3) is 22.8 Å². The Morgan fingerprint density at radius 3 is 2.55 bits per heavy atom. The van der Waals surface area contributed by atoms with Crippen LogP contribution in [0.3, 0.4) is 0 Å². The molecule has 2 aromatic carbocycles. The zero-order valence-corrected chi connectivity index (χ0v) is 12.5. The number of hydrogen-bond donors (Lipinski definition) is 1. The average Bonchev–Trinajstić information content (AvgIpc) is 2.89. The third-order valence-corrected chi connectivity index (χ3v) is 3.59. The summed E-state index contributed by atoms with van der Waals surface area (Å²) in [5, 5.41) is 4.45. The molecule has 0 aliphatic carbocycles. The molecule has 0 saturated heterocycles. The number of nitrogen functional groups attached to an aromatic ring is 1. The summed E-state index contributed by atoms with van der Waals surface area (Å²) in [5.74, 6) is 0.883. The van der Waals surface area contributed by atoms with Crippen molar-refractivity contribution >= 4 is 33.2 Å². The molecule has 0 atom stereocenters. The highest BCUT2D eigenvalue weighted by molar-refractivity contribution is 9.10. The first-order valence-corrected chi connectivity index (χ1v) is 6.95. The van der Waals surface area contributed by atoms with E-state index in [1.54, 1.807) is 18.2 Å². The van der Waals surface area contributed by atoms with Crippen LogP contribution in [0.2, 0.25) is 5.02 Å². The fourth-order valence-electron chi connectivity index (χ4n) is 1.75. The Morgan fingerprint density at radius 2 is 1.85 bits per heavy atom. The summed E-state index contributed by atoms with van der Waals surface area (Å²) in [4.78, 5) is 4.35. The number of benzene rings is 2. The summed E-state index contributed by atoms with van der Waals surface area (Å²) >= 11 is 9.51. The van der Waals surface area contributed by atoms with Gasteiger partial charge in [-0.1, -0.05) is 32.7 Å². The number of nitrogens with zero attached hydrogens (tertiary/aromatic N) is 2. The Hall–Kier alpha value is -1.85. The second kappa shape index (κ2) is 5.26. The lowest BCUT2D eigenvalue weighted by atomic mass is 10.2. The van der Waals surface area contributed by atoms with E-state index in [0.29, 0.717) is 28.0 Å². The van der Waals surface area contributed by atoms with Crippen LogP contribution in [0.1, 0.15) is 0 Å². The molecule has 0 fully saturated rings. The first-order chi connectivity index (χ1) is 9.63. The SMILES string of the molecule is Nc1ccc(-c2nc(-c3ccc(Br)cc3)no2)c(Cl)c1. The van der Waals surface area contributed by atoms with Crippen LogP contribution >= 0.6 is 27.5 Å². The minimum atomic E-state index is 0.368. The van der Waals surface area contributed by atoms with Crippen molar-refractivity contribution in [3.8, 4) is 22.8 Å². The van der Waals surface area contributed by atoms with Gasteiger partial charge in [0.15, 0.2) is 0 Å². The van der Waals surface area contributed by atoms with Crippen molar-refractivity contribution in [3.63, 3.8) is 0 Å². The Labute approximate surface area is 128 Å². The third-order valence-electron chi connectivity index (χ3n) is 2.75. The molecule has 3 rings (SSSR count). The third kappa shape index (κ3) is 2.55. The van der Waals surface area contributed by atoms with Crippen LogP contribution < -0.4 is 5.73 Å². The largest absolute Gasteiger partial charge is 0.399 e. The van der Waals surface area contributed by atoms with E-state index in [2.05, 4.69) is 26.1 Å². The maximum atomic E-state index is 6.13. The molecule has 1 aromatic heterocycles. The summed E-state index contributed by atoms with van der Waals surface area (Å²) in [5.41, 5.74) is 7.78. The van der Waals surface area contributed by atoms with E-state index in [9.17, 15) is 0 Å². The highest BCUT2D eigenvalue weighted by Crippen LogP contribution is 2.30. The van der Waals surface area contributed by atoms with Gasteiger partial charge in [0, 0.05) is 15.7 Å². The first kappa shape index (κ1) is 13.1. The summed E-state index contributed by atoms with van der Waals surface area (Å²) in [7, 11) is 0. The summed E-state index contributed by atoms with van der Waals surface area (Å²) in [6.45, 7) is 0. The molecule has 4 nitrogen and oxygen atoms in total. The van der Waals surface area contributed by atoms with Crippen molar-refractivity contribution in [3.05, 3.63) is 52.0 Å². The van der Waals surface area contributed by atoms with Crippen LogP contribution in [0.5, 0.6) is 0 Å². The lowest BCUT2D eigenvalue weighted by Gasteiger charge is -1.99. The molecule has 2 N–H and O–H groups in total. The van der Waals surface area contributed by atoms with Gasteiger partial charge in [0.25, 0.3) is 5.89 Å². The minimum Gasteiger partial charge on any atom is -0.399 e. The Morgan fingerprint density at radius 1 is 1.10 bits per heavy atom. The lowest BCUT2D eigenvalue weighted by Crippen LogP contribution is -1.86. The van der Waals surface area contributed by atoms with Gasteiger partial charge in [-0.25, -0.2) is 0 Å². The molecular formula is C14H9BrClN3O. The average molecular weight is 351 g/mol. The Balaban J connectivity index is 1.99. The van der Waals surface area contributed by atoms with Gasteiger partial charge in [0.2, 0.25) is 5.82 Å². The monoisotopic (exact) mass is 349 g/mol. The molecule has 0 spiro atoms. The minimum absolute atomic E-state index is 0.368. The van der Waals surface area contributed by atoms with Crippen LogP contribution in [0, 0.1) is 0 Å². The molecule has 6 heteroatoms. The molecule has 1 heterocycles. The maximum absolute atomic E-state index is 6.13. The molecule has 0 aliphatic heterocycles. The predicted molar refractivity (Wildman–Crippen MR) is 82.3 cm³/mol. The molecule has 3 aromatic rings. The first-order valence-electron chi connectivity index (χ1n) is 5.78. The summed E-state index contributed by atoms with van der Waals surface area (Å²) in [6.07, 6.45) is 0. The molecule has 0 amide bonds. The highest BCUT2D eigenvalue weighted by atomic mass is 79.9. The number of aromatic nitrogens is 2. The van der Waals surface area contributed by atoms with Gasteiger partial charge in [-0.05, 0) is 42.5 Å². The normalized spacial score (nSPS) is 10.7. The van der Waals surface area contributed by atoms with Gasteiger partial charge in [-0.15, -0.1) is 0 Å². The van der Waals surface area contributed by atoms with Gasteiger partial charge >= 0.3 is 0 Å². The van der Waals surface area contributed by atoms with Crippen LogP contribution in [0.4, 0.5) is 5.69 Å². The second-order valence-electron chi connectivity index (χ2n) is 4.17. The number of hydrogen-bond acceptors (Lipinski definition) is 4. The fourth-order valence-corrected chi connectivity index (χ4v) is 2.29. The van der Waals surface area contributed by atoms with Crippen molar-refractivity contribution in [2.45, 2.75) is 0 Å². The molecule has 20 heavy (non-hydrogen) atoms. The maximum Gasteiger partial charge on any atom is 0.259 e. The van der Waals surface area contributed by atoms with E-state index in [1.807, 2.05) is 24.3 Å². The van der Waals surface area contributed by atoms with Gasteiger partial charge in [0.05, 0.1) is 10.6 Å². The van der Waals surface area contributed by atoms with Crippen LogP contribution in [0.15, 0.2) is 51.5 Å². The van der Waals surface area contributed by atoms with Crippen molar-refractivity contribution in [1.29, 1.82) is 0 Å². The molecule has 100 valence electrons. The van der Waals surface area contributed by atoms with Gasteiger partial charge in [-0.2, -0.15) is 4.98 Å². The molecular weight excluding hydrogens is 342 g/mol. The standard InChI is InChI=1S/C14H9BrClN3O/c15-9-3-1-8(2-4-9)13-18-14(20-19-13)11-6-5-10(17)7-12(11)16/h1-7H,17H2. The quantitative estimate of drug-likeness (QED) is 0.696. The number of nitrogens with two attached hydrogens (primary N) is 1. The van der Waals surface area contributed by atoms with E-state index in [-0.39, 0.29) is 0 Å².